The molecule has 4 aromatic rings. The van der Waals surface area contributed by atoms with Crippen LogP contribution in [0, 0.1) is 10.1 Å². The lowest BCUT2D eigenvalue weighted by molar-refractivity contribution is -0.385. The Hall–Kier alpha value is -5.43. The van der Waals surface area contributed by atoms with Gasteiger partial charge in [0.05, 0.1) is 73.4 Å². The fourth-order valence-electron chi connectivity index (χ4n) is 5.08. The number of hydrogen-bond donors (Lipinski definition) is 0. The van der Waals surface area contributed by atoms with Gasteiger partial charge in [0.25, 0.3) is 11.2 Å². The molecule has 0 saturated carbocycles. The molecule has 2 heterocycles. The Balaban J connectivity index is 1.86. The summed E-state index contributed by atoms with van der Waals surface area (Å²) in [5, 5.41) is 12.0. The number of hydrogen-bond acceptors (Lipinski definition) is 11. The first kappa shape index (κ1) is 31.0. The van der Waals surface area contributed by atoms with Crippen LogP contribution in [0.15, 0.2) is 76.0 Å². The molecule has 0 saturated heterocycles. The number of fused-ring (bicyclic) bond motifs is 1. The third-order valence-electron chi connectivity index (χ3n) is 7.11. The molecular formula is C32H29N3O9S. The van der Waals surface area contributed by atoms with Crippen molar-refractivity contribution in [2.45, 2.75) is 13.0 Å². The minimum Gasteiger partial charge on any atom is -0.493 e. The van der Waals surface area contributed by atoms with Crippen molar-refractivity contribution in [3.8, 4) is 23.0 Å². The van der Waals surface area contributed by atoms with Crippen LogP contribution in [-0.2, 0) is 9.53 Å². The summed E-state index contributed by atoms with van der Waals surface area (Å²) in [6, 6.07) is 15.9. The van der Waals surface area contributed by atoms with Gasteiger partial charge in [0.1, 0.15) is 0 Å². The molecule has 232 valence electrons. The molecule has 12 nitrogen and oxygen atoms in total. The van der Waals surface area contributed by atoms with Gasteiger partial charge in [-0.2, -0.15) is 0 Å². The van der Waals surface area contributed by atoms with E-state index in [0.29, 0.717) is 28.3 Å². The zero-order valence-electron chi connectivity index (χ0n) is 25.1. The normalized spacial score (nSPS) is 14.3. The summed E-state index contributed by atoms with van der Waals surface area (Å²) in [4.78, 5) is 44.4. The van der Waals surface area contributed by atoms with Crippen molar-refractivity contribution in [2.75, 3.05) is 35.0 Å². The first-order chi connectivity index (χ1) is 21.8. The fraction of sp³-hybridized carbons (Fsp3) is 0.219. The molecule has 3 aromatic carbocycles. The Morgan fingerprint density at radius 3 is 2.22 bits per heavy atom. The van der Waals surface area contributed by atoms with Crippen LogP contribution in [0.2, 0.25) is 0 Å². The van der Waals surface area contributed by atoms with Gasteiger partial charge in [-0.05, 0) is 36.8 Å². The van der Waals surface area contributed by atoms with E-state index in [1.165, 1.54) is 51.2 Å². The average Bonchev–Trinajstić information content (AvgIpc) is 3.37. The molecular weight excluding hydrogens is 602 g/mol. The Morgan fingerprint density at radius 1 is 0.956 bits per heavy atom. The van der Waals surface area contributed by atoms with Crippen molar-refractivity contribution >= 4 is 34.8 Å². The Kier molecular flexibility index (Phi) is 9.00. The van der Waals surface area contributed by atoms with E-state index >= 15 is 0 Å². The second-order valence-electron chi connectivity index (χ2n) is 9.57. The molecule has 0 radical (unpaired) electrons. The van der Waals surface area contributed by atoms with Crippen LogP contribution in [0.25, 0.3) is 11.8 Å². The van der Waals surface area contributed by atoms with E-state index < -0.39 is 22.5 Å². The second kappa shape index (κ2) is 13.1. The maximum Gasteiger partial charge on any atom is 0.338 e. The summed E-state index contributed by atoms with van der Waals surface area (Å²) in [5.41, 5.74) is 0.968. The van der Waals surface area contributed by atoms with Crippen molar-refractivity contribution in [3.05, 3.63) is 113 Å². The van der Waals surface area contributed by atoms with Crippen molar-refractivity contribution < 1.29 is 33.4 Å². The van der Waals surface area contributed by atoms with Gasteiger partial charge in [0.15, 0.2) is 27.8 Å². The zero-order valence-corrected chi connectivity index (χ0v) is 25.9. The minimum atomic E-state index is -0.988. The number of thiazole rings is 1. The number of nitro groups is 1. The number of carbonyl (C=O) groups excluding carboxylic acids is 1. The molecule has 0 fully saturated rings. The van der Waals surface area contributed by atoms with E-state index in [1.54, 1.807) is 25.1 Å². The molecule has 45 heavy (non-hydrogen) atoms. The highest BCUT2D eigenvalue weighted by molar-refractivity contribution is 7.07. The lowest BCUT2D eigenvalue weighted by Gasteiger charge is -2.26. The highest BCUT2D eigenvalue weighted by Gasteiger charge is 2.36. The molecule has 0 N–H and O–H groups in total. The van der Waals surface area contributed by atoms with Crippen LogP contribution >= 0.6 is 11.3 Å². The van der Waals surface area contributed by atoms with Gasteiger partial charge < -0.3 is 23.7 Å². The number of methoxy groups -OCH3 is 4. The van der Waals surface area contributed by atoms with Gasteiger partial charge in [-0.3, -0.25) is 19.5 Å². The zero-order chi connectivity index (χ0) is 32.2. The third kappa shape index (κ3) is 5.77. The van der Waals surface area contributed by atoms with Gasteiger partial charge in [-0.1, -0.05) is 47.7 Å². The Morgan fingerprint density at radius 2 is 1.60 bits per heavy atom. The molecule has 0 spiro atoms. The van der Waals surface area contributed by atoms with Crippen molar-refractivity contribution in [3.63, 3.8) is 0 Å². The van der Waals surface area contributed by atoms with E-state index in [2.05, 4.69) is 0 Å². The van der Waals surface area contributed by atoms with Crippen LogP contribution < -0.4 is 33.8 Å². The predicted octanol–water partition coefficient (Wildman–Crippen LogP) is 3.88. The highest BCUT2D eigenvalue weighted by Crippen LogP contribution is 2.39. The van der Waals surface area contributed by atoms with E-state index in [9.17, 15) is 19.7 Å². The van der Waals surface area contributed by atoms with Crippen LogP contribution in [0.1, 0.15) is 29.7 Å². The number of carbonyl (C=O) groups is 1. The maximum atomic E-state index is 14.2. The fourth-order valence-corrected chi connectivity index (χ4v) is 6.07. The third-order valence-corrected chi connectivity index (χ3v) is 8.10. The number of benzene rings is 3. The van der Waals surface area contributed by atoms with E-state index in [0.717, 1.165) is 11.3 Å². The van der Waals surface area contributed by atoms with E-state index in [-0.39, 0.29) is 44.3 Å². The Labute approximate surface area is 261 Å². The summed E-state index contributed by atoms with van der Waals surface area (Å²) >= 11 is 1.03. The molecule has 1 atom stereocenters. The number of esters is 1. The van der Waals surface area contributed by atoms with Crippen LogP contribution in [0.3, 0.4) is 0 Å². The Bertz CT molecular complexity index is 2000. The average molecular weight is 632 g/mol. The van der Waals surface area contributed by atoms with E-state index in [1.807, 2.05) is 30.3 Å². The molecule has 1 aliphatic heterocycles. The molecule has 0 amide bonds. The van der Waals surface area contributed by atoms with Crippen molar-refractivity contribution in [1.82, 2.24) is 4.57 Å². The quantitative estimate of drug-likeness (QED) is 0.145. The van der Waals surface area contributed by atoms with Gasteiger partial charge in [0.2, 0.25) is 0 Å². The van der Waals surface area contributed by atoms with Crippen LogP contribution in [0.4, 0.5) is 5.69 Å². The largest absolute Gasteiger partial charge is 0.493 e. The summed E-state index contributed by atoms with van der Waals surface area (Å²) in [6.45, 7) is 1.79. The smallest absolute Gasteiger partial charge is 0.338 e. The topological polar surface area (TPSA) is 141 Å². The van der Waals surface area contributed by atoms with Gasteiger partial charge in [-0.25, -0.2) is 9.79 Å². The maximum absolute atomic E-state index is 14.2. The number of aromatic nitrogens is 1. The lowest BCUT2D eigenvalue weighted by Crippen LogP contribution is -2.40. The van der Waals surface area contributed by atoms with Crippen LogP contribution in [-0.4, -0.2) is 50.5 Å². The van der Waals surface area contributed by atoms with Crippen LogP contribution in [0.5, 0.6) is 23.0 Å². The molecule has 5 rings (SSSR count). The molecule has 1 aliphatic rings. The standard InChI is InChI=1S/C32H29N3O9S/c1-6-44-31(37)27-28(18-10-8-7-9-11-18)33-32-34(29(27)19-12-13-22(40-2)23(14-19)41-3)30(36)26(45-32)16-20-15-24(42-4)25(43-5)17-21(20)35(38)39/h7-17,29H,6H2,1-5H3/b26-16-/t29-/m1/s1. The van der Waals surface area contributed by atoms with Crippen molar-refractivity contribution in [1.29, 1.82) is 0 Å². The number of ether oxygens (including phenoxy) is 5. The number of nitro benzene ring substituents is 1. The first-order valence-electron chi connectivity index (χ1n) is 13.7. The summed E-state index contributed by atoms with van der Waals surface area (Å²) < 4.78 is 28.6. The number of nitrogens with zero attached hydrogens (tertiary/aromatic N) is 3. The predicted molar refractivity (Wildman–Crippen MR) is 167 cm³/mol. The monoisotopic (exact) mass is 631 g/mol. The molecule has 13 heteroatoms. The highest BCUT2D eigenvalue weighted by atomic mass is 32.1. The van der Waals surface area contributed by atoms with E-state index in [4.69, 9.17) is 28.7 Å². The summed E-state index contributed by atoms with van der Waals surface area (Å²) in [5.74, 6) is 0.618. The second-order valence-corrected chi connectivity index (χ2v) is 10.6. The summed E-state index contributed by atoms with van der Waals surface area (Å²) in [6.07, 6.45) is 1.41. The minimum absolute atomic E-state index is 0.0937. The molecule has 0 unspecified atom stereocenters. The molecule has 0 bridgehead atoms. The molecule has 0 aliphatic carbocycles. The summed E-state index contributed by atoms with van der Waals surface area (Å²) in [7, 11) is 5.78. The first-order valence-corrected chi connectivity index (χ1v) is 14.5. The van der Waals surface area contributed by atoms with Gasteiger partial charge in [0, 0.05) is 5.56 Å². The van der Waals surface area contributed by atoms with Crippen molar-refractivity contribution in [2.24, 2.45) is 4.99 Å². The SMILES string of the molecule is CCOC(=O)C1=C(c2ccccc2)N=c2s/c(=C\c3cc(OC)c(OC)cc3[N+](=O)[O-])c(=O)n2[C@@H]1c1ccc(OC)c(OC)c1. The molecule has 1 aromatic heterocycles. The number of rotatable bonds is 10. The lowest BCUT2D eigenvalue weighted by atomic mass is 9.93. The van der Waals surface area contributed by atoms with Gasteiger partial charge in [-0.15, -0.1) is 0 Å². The van der Waals surface area contributed by atoms with Gasteiger partial charge >= 0.3 is 5.97 Å².